The molecule has 3 rings (SSSR count). The number of hydrogen-bond acceptors (Lipinski definition) is 4. The van der Waals surface area contributed by atoms with Crippen LogP contribution in [0.5, 0.6) is 11.5 Å². The predicted molar refractivity (Wildman–Crippen MR) is 74.1 cm³/mol. The molecule has 2 heterocycles. The highest BCUT2D eigenvalue weighted by Crippen LogP contribution is 2.37. The van der Waals surface area contributed by atoms with E-state index in [1.54, 1.807) is 31.5 Å². The third kappa shape index (κ3) is 2.59. The van der Waals surface area contributed by atoms with E-state index in [0.29, 0.717) is 23.5 Å². The molecule has 0 saturated carbocycles. The Labute approximate surface area is 121 Å². The zero-order valence-electron chi connectivity index (χ0n) is 11.6. The summed E-state index contributed by atoms with van der Waals surface area (Å²) in [7, 11) is 0. The van der Waals surface area contributed by atoms with Crippen molar-refractivity contribution < 1.29 is 18.7 Å². The summed E-state index contributed by atoms with van der Waals surface area (Å²) in [5.41, 5.74) is 1.71. The lowest BCUT2D eigenvalue weighted by Gasteiger charge is -2.21. The number of hydrogen-bond donors (Lipinski definition) is 0. The molecule has 4 nitrogen and oxygen atoms in total. The minimum Gasteiger partial charge on any atom is -0.492 e. The number of halogens is 1. The van der Waals surface area contributed by atoms with Gasteiger partial charge in [0.2, 0.25) is 0 Å². The SMILES string of the molecule is Cc1c(OCc2ccncc2)c(F)cc2c1OCCC2=O. The van der Waals surface area contributed by atoms with Crippen LogP contribution in [0.25, 0.3) is 0 Å². The smallest absolute Gasteiger partial charge is 0.170 e. The Morgan fingerprint density at radius 1 is 1.38 bits per heavy atom. The van der Waals surface area contributed by atoms with Gasteiger partial charge in [-0.25, -0.2) is 4.39 Å². The third-order valence-corrected chi connectivity index (χ3v) is 3.42. The molecule has 5 heteroatoms. The number of ether oxygens (including phenoxy) is 2. The Morgan fingerprint density at radius 2 is 2.14 bits per heavy atom. The second-order valence-corrected chi connectivity index (χ2v) is 4.85. The molecular formula is C16H14FNO3. The lowest BCUT2D eigenvalue weighted by Crippen LogP contribution is -2.17. The van der Waals surface area contributed by atoms with Crippen LogP contribution in [-0.4, -0.2) is 17.4 Å². The fourth-order valence-corrected chi connectivity index (χ4v) is 2.33. The Morgan fingerprint density at radius 3 is 2.90 bits per heavy atom. The van der Waals surface area contributed by atoms with Gasteiger partial charge in [0.1, 0.15) is 12.4 Å². The number of Topliss-reactive ketones (excluding diaryl/α,β-unsaturated/α-hetero) is 1. The highest BCUT2D eigenvalue weighted by atomic mass is 19.1. The van der Waals surface area contributed by atoms with Crippen molar-refractivity contribution in [2.24, 2.45) is 0 Å². The second-order valence-electron chi connectivity index (χ2n) is 4.85. The molecule has 0 aliphatic carbocycles. The first kappa shape index (κ1) is 13.5. The van der Waals surface area contributed by atoms with Gasteiger partial charge in [-0.3, -0.25) is 9.78 Å². The number of nitrogens with zero attached hydrogens (tertiary/aromatic N) is 1. The summed E-state index contributed by atoms with van der Waals surface area (Å²) >= 11 is 0. The highest BCUT2D eigenvalue weighted by molar-refractivity contribution is 6.00. The number of benzene rings is 1. The van der Waals surface area contributed by atoms with Crippen LogP contribution in [0.1, 0.15) is 27.9 Å². The second kappa shape index (κ2) is 5.52. The molecule has 1 aliphatic heterocycles. The van der Waals surface area contributed by atoms with Crippen molar-refractivity contribution in [3.63, 3.8) is 0 Å². The zero-order valence-corrected chi connectivity index (χ0v) is 11.6. The van der Waals surface area contributed by atoms with Crippen molar-refractivity contribution in [3.05, 3.63) is 53.1 Å². The van der Waals surface area contributed by atoms with Gasteiger partial charge in [-0.05, 0) is 30.7 Å². The topological polar surface area (TPSA) is 48.4 Å². The van der Waals surface area contributed by atoms with Crippen LogP contribution < -0.4 is 9.47 Å². The maximum Gasteiger partial charge on any atom is 0.170 e. The Balaban J connectivity index is 1.91. The van der Waals surface area contributed by atoms with Gasteiger partial charge in [0, 0.05) is 24.4 Å². The maximum absolute atomic E-state index is 14.2. The van der Waals surface area contributed by atoms with Gasteiger partial charge in [-0.2, -0.15) is 0 Å². The van der Waals surface area contributed by atoms with Crippen molar-refractivity contribution in [2.45, 2.75) is 20.0 Å². The first-order chi connectivity index (χ1) is 10.2. The normalized spacial score (nSPS) is 13.5. The Kier molecular flexibility index (Phi) is 3.56. The molecule has 0 bridgehead atoms. The molecule has 0 unspecified atom stereocenters. The van der Waals surface area contributed by atoms with E-state index in [9.17, 15) is 9.18 Å². The van der Waals surface area contributed by atoms with E-state index in [1.165, 1.54) is 6.07 Å². The number of carbonyl (C=O) groups excluding carboxylic acids is 1. The van der Waals surface area contributed by atoms with Crippen LogP contribution in [0.3, 0.4) is 0 Å². The van der Waals surface area contributed by atoms with Crippen LogP contribution in [0.2, 0.25) is 0 Å². The standard InChI is InChI=1S/C16H14FNO3/c1-10-15-12(14(19)4-7-20-15)8-13(17)16(10)21-9-11-2-5-18-6-3-11/h2-3,5-6,8H,4,7,9H2,1H3. The molecule has 1 aromatic carbocycles. The molecule has 0 saturated heterocycles. The van der Waals surface area contributed by atoms with Crippen molar-refractivity contribution in [3.8, 4) is 11.5 Å². The highest BCUT2D eigenvalue weighted by Gasteiger charge is 2.25. The number of pyridine rings is 1. The molecule has 0 N–H and O–H groups in total. The minimum absolute atomic E-state index is 0.0982. The van der Waals surface area contributed by atoms with Gasteiger partial charge in [-0.15, -0.1) is 0 Å². The molecule has 0 amide bonds. The largest absolute Gasteiger partial charge is 0.492 e. The summed E-state index contributed by atoms with van der Waals surface area (Å²) in [6, 6.07) is 4.79. The van der Waals surface area contributed by atoms with Crippen molar-refractivity contribution in [1.29, 1.82) is 0 Å². The van der Waals surface area contributed by atoms with E-state index in [2.05, 4.69) is 4.98 Å². The molecule has 1 aromatic heterocycles. The quantitative estimate of drug-likeness (QED) is 0.870. The van der Waals surface area contributed by atoms with E-state index in [1.807, 2.05) is 0 Å². The average molecular weight is 287 g/mol. The van der Waals surface area contributed by atoms with Gasteiger partial charge in [-0.1, -0.05) is 0 Å². The van der Waals surface area contributed by atoms with E-state index in [4.69, 9.17) is 9.47 Å². The maximum atomic E-state index is 14.2. The van der Waals surface area contributed by atoms with E-state index >= 15 is 0 Å². The van der Waals surface area contributed by atoms with Crippen molar-refractivity contribution in [2.75, 3.05) is 6.61 Å². The predicted octanol–water partition coefficient (Wildman–Crippen LogP) is 3.07. The third-order valence-electron chi connectivity index (χ3n) is 3.42. The lowest BCUT2D eigenvalue weighted by atomic mass is 10.0. The molecule has 2 aromatic rings. The number of carbonyl (C=O) groups is 1. The average Bonchev–Trinajstić information content (AvgIpc) is 2.49. The van der Waals surface area contributed by atoms with Gasteiger partial charge in [0.15, 0.2) is 17.3 Å². The van der Waals surface area contributed by atoms with Crippen LogP contribution in [0.4, 0.5) is 4.39 Å². The molecule has 0 fully saturated rings. The minimum atomic E-state index is -0.542. The summed E-state index contributed by atoms with van der Waals surface area (Å²) in [6.45, 7) is 2.25. The monoisotopic (exact) mass is 287 g/mol. The molecule has 108 valence electrons. The van der Waals surface area contributed by atoms with Gasteiger partial charge >= 0.3 is 0 Å². The van der Waals surface area contributed by atoms with Crippen LogP contribution >= 0.6 is 0 Å². The van der Waals surface area contributed by atoms with Crippen molar-refractivity contribution >= 4 is 5.78 Å². The molecular weight excluding hydrogens is 273 g/mol. The summed E-state index contributed by atoms with van der Waals surface area (Å²) < 4.78 is 25.2. The number of aromatic nitrogens is 1. The summed E-state index contributed by atoms with van der Waals surface area (Å²) in [4.78, 5) is 15.7. The summed E-state index contributed by atoms with van der Waals surface area (Å²) in [5, 5.41) is 0. The molecule has 1 aliphatic rings. The fraction of sp³-hybridized carbons (Fsp3) is 0.250. The van der Waals surface area contributed by atoms with E-state index in [-0.39, 0.29) is 24.6 Å². The van der Waals surface area contributed by atoms with Crippen LogP contribution in [0, 0.1) is 12.7 Å². The van der Waals surface area contributed by atoms with Gasteiger partial charge < -0.3 is 9.47 Å². The zero-order chi connectivity index (χ0) is 14.8. The number of rotatable bonds is 3. The summed E-state index contributed by atoms with van der Waals surface area (Å²) in [5.74, 6) is -0.0873. The van der Waals surface area contributed by atoms with Gasteiger partial charge in [0.25, 0.3) is 0 Å². The fourth-order valence-electron chi connectivity index (χ4n) is 2.33. The van der Waals surface area contributed by atoms with E-state index < -0.39 is 5.82 Å². The summed E-state index contributed by atoms with van der Waals surface area (Å²) in [6.07, 6.45) is 3.58. The number of fused-ring (bicyclic) bond motifs is 1. The Bertz CT molecular complexity index is 686. The molecule has 21 heavy (non-hydrogen) atoms. The van der Waals surface area contributed by atoms with Crippen LogP contribution in [-0.2, 0) is 6.61 Å². The first-order valence-electron chi connectivity index (χ1n) is 6.67. The molecule has 0 radical (unpaired) electrons. The number of ketones is 1. The van der Waals surface area contributed by atoms with Gasteiger partial charge in [0.05, 0.1) is 12.2 Å². The van der Waals surface area contributed by atoms with E-state index in [0.717, 1.165) is 5.56 Å². The van der Waals surface area contributed by atoms with Crippen molar-refractivity contribution in [1.82, 2.24) is 4.98 Å². The Hall–Kier alpha value is -2.43. The first-order valence-corrected chi connectivity index (χ1v) is 6.67. The molecule has 0 spiro atoms. The lowest BCUT2D eigenvalue weighted by molar-refractivity contribution is 0.0931. The van der Waals surface area contributed by atoms with Crippen LogP contribution in [0.15, 0.2) is 30.6 Å². The molecule has 0 atom stereocenters.